The van der Waals surface area contributed by atoms with Crippen LogP contribution in [-0.2, 0) is 14.2 Å². The summed E-state index contributed by atoms with van der Waals surface area (Å²) in [6.45, 7) is 0.0896. The topological polar surface area (TPSA) is 101 Å². The van der Waals surface area contributed by atoms with Crippen LogP contribution in [0.1, 0.15) is 0 Å². The summed E-state index contributed by atoms with van der Waals surface area (Å²) in [6.07, 6.45) is 2.21. The maximum absolute atomic E-state index is 11.4. The summed E-state index contributed by atoms with van der Waals surface area (Å²) < 4.78 is 11.4. The lowest BCUT2D eigenvalue weighted by Crippen LogP contribution is -2.32. The fraction of sp³-hybridized carbons (Fsp3) is 0.500. The highest BCUT2D eigenvalue weighted by atomic mass is 31.2. The zero-order valence-corrected chi connectivity index (χ0v) is 9.02. The van der Waals surface area contributed by atoms with E-state index in [1.54, 1.807) is 0 Å². The van der Waals surface area contributed by atoms with Crippen LogP contribution >= 0.6 is 7.37 Å². The molecule has 0 aromatic rings. The van der Waals surface area contributed by atoms with Gasteiger partial charge in [0, 0.05) is 37.6 Å². The van der Waals surface area contributed by atoms with Crippen LogP contribution < -0.4 is 5.73 Å². The Labute approximate surface area is 87.2 Å². The van der Waals surface area contributed by atoms with Gasteiger partial charge < -0.3 is 10.6 Å². The van der Waals surface area contributed by atoms with Crippen LogP contribution in [0.4, 0.5) is 0 Å². The van der Waals surface area contributed by atoms with E-state index < -0.39 is 19.2 Å². The Morgan fingerprint density at radius 3 is 2.27 bits per heavy atom. The predicted molar refractivity (Wildman–Crippen MR) is 54.5 cm³/mol. The first-order chi connectivity index (χ1) is 6.96. The van der Waals surface area contributed by atoms with Crippen LogP contribution in [0, 0.1) is 0 Å². The Balaban J connectivity index is 2.47. The number of carbonyl (C=O) groups excluding carboxylic acids is 2. The minimum Gasteiger partial charge on any atom is -0.344 e. The SMILES string of the molecule is NCCP(=O)(O)CCN1C(=O)C=CC1=O. The van der Waals surface area contributed by atoms with Gasteiger partial charge in [-0.15, -0.1) is 0 Å². The average molecular weight is 232 g/mol. The Bertz CT molecular complexity index is 335. The van der Waals surface area contributed by atoms with E-state index in [9.17, 15) is 19.0 Å². The summed E-state index contributed by atoms with van der Waals surface area (Å²) in [6, 6.07) is 0. The van der Waals surface area contributed by atoms with Crippen molar-refractivity contribution < 1.29 is 19.0 Å². The Morgan fingerprint density at radius 2 is 1.80 bits per heavy atom. The molecule has 0 fully saturated rings. The van der Waals surface area contributed by atoms with Gasteiger partial charge in [0.1, 0.15) is 0 Å². The lowest BCUT2D eigenvalue weighted by molar-refractivity contribution is -0.136. The molecule has 1 unspecified atom stereocenters. The molecule has 0 saturated heterocycles. The zero-order chi connectivity index (χ0) is 11.5. The quantitative estimate of drug-likeness (QED) is 0.474. The monoisotopic (exact) mass is 232 g/mol. The van der Waals surface area contributed by atoms with Gasteiger partial charge in [0.2, 0.25) is 7.37 Å². The number of imide groups is 1. The van der Waals surface area contributed by atoms with Crippen molar-refractivity contribution in [3.8, 4) is 0 Å². The molecule has 1 atom stereocenters. The van der Waals surface area contributed by atoms with E-state index in [2.05, 4.69) is 0 Å². The first-order valence-electron chi connectivity index (χ1n) is 4.51. The predicted octanol–water partition coefficient (Wildman–Crippen LogP) is -0.860. The molecule has 0 aromatic heterocycles. The number of nitrogens with two attached hydrogens (primary N) is 1. The summed E-state index contributed by atoms with van der Waals surface area (Å²) in [5, 5.41) is 0. The second kappa shape index (κ2) is 4.70. The number of hydrogen-bond donors (Lipinski definition) is 2. The maximum atomic E-state index is 11.4. The van der Waals surface area contributed by atoms with Crippen LogP contribution in [0.15, 0.2) is 12.2 Å². The molecule has 6 nitrogen and oxygen atoms in total. The first kappa shape index (κ1) is 12.1. The third kappa shape index (κ3) is 3.27. The second-order valence-corrected chi connectivity index (χ2v) is 5.83. The highest BCUT2D eigenvalue weighted by Gasteiger charge is 2.26. The van der Waals surface area contributed by atoms with E-state index in [1.165, 1.54) is 0 Å². The minimum absolute atomic E-state index is 0.0106. The molecule has 1 aliphatic heterocycles. The van der Waals surface area contributed by atoms with Crippen molar-refractivity contribution in [2.45, 2.75) is 0 Å². The van der Waals surface area contributed by atoms with Crippen LogP contribution in [0.3, 0.4) is 0 Å². The summed E-state index contributed by atoms with van der Waals surface area (Å²) in [5.74, 6) is -0.875. The van der Waals surface area contributed by atoms with Crippen molar-refractivity contribution >= 4 is 19.2 Å². The van der Waals surface area contributed by atoms with Gasteiger partial charge in [0.25, 0.3) is 11.8 Å². The zero-order valence-electron chi connectivity index (χ0n) is 8.13. The van der Waals surface area contributed by atoms with Crippen LogP contribution in [-0.4, -0.2) is 47.0 Å². The summed E-state index contributed by atoms with van der Waals surface area (Å²) in [4.78, 5) is 32.5. The van der Waals surface area contributed by atoms with Crippen molar-refractivity contribution in [2.24, 2.45) is 5.73 Å². The van der Waals surface area contributed by atoms with Crippen molar-refractivity contribution in [2.75, 3.05) is 25.4 Å². The Kier molecular flexibility index (Phi) is 3.79. The molecule has 0 spiro atoms. The standard InChI is InChI=1S/C8H13N2O4P/c9-3-5-15(13,14)6-4-10-7(11)1-2-8(10)12/h1-2H,3-6,9H2,(H,13,14). The molecule has 15 heavy (non-hydrogen) atoms. The molecule has 0 aliphatic carbocycles. The van der Waals surface area contributed by atoms with Crippen LogP contribution in [0.25, 0.3) is 0 Å². The van der Waals surface area contributed by atoms with Gasteiger partial charge in [-0.3, -0.25) is 19.1 Å². The van der Waals surface area contributed by atoms with E-state index in [0.717, 1.165) is 17.1 Å². The molecule has 1 aliphatic rings. The lowest BCUT2D eigenvalue weighted by Gasteiger charge is -2.16. The molecule has 3 N–H and O–H groups in total. The minimum atomic E-state index is -3.30. The van der Waals surface area contributed by atoms with Crippen molar-refractivity contribution in [3.63, 3.8) is 0 Å². The van der Waals surface area contributed by atoms with Crippen molar-refractivity contribution in [1.29, 1.82) is 0 Å². The summed E-state index contributed by atoms with van der Waals surface area (Å²) >= 11 is 0. The van der Waals surface area contributed by atoms with Gasteiger partial charge >= 0.3 is 0 Å². The van der Waals surface area contributed by atoms with E-state index in [0.29, 0.717) is 0 Å². The molecule has 1 heterocycles. The Hall–Kier alpha value is -0.970. The van der Waals surface area contributed by atoms with Gasteiger partial charge in [0.15, 0.2) is 0 Å². The van der Waals surface area contributed by atoms with Crippen molar-refractivity contribution in [1.82, 2.24) is 4.90 Å². The maximum Gasteiger partial charge on any atom is 0.253 e. The molecule has 0 saturated carbocycles. The number of rotatable bonds is 5. The second-order valence-electron chi connectivity index (χ2n) is 3.24. The largest absolute Gasteiger partial charge is 0.344 e. The van der Waals surface area contributed by atoms with Gasteiger partial charge in [-0.2, -0.15) is 0 Å². The molecule has 7 heteroatoms. The van der Waals surface area contributed by atoms with Crippen molar-refractivity contribution in [3.05, 3.63) is 12.2 Å². The number of hydrogen-bond acceptors (Lipinski definition) is 4. The highest BCUT2D eigenvalue weighted by Crippen LogP contribution is 2.39. The Morgan fingerprint density at radius 1 is 1.27 bits per heavy atom. The van der Waals surface area contributed by atoms with E-state index >= 15 is 0 Å². The number of nitrogens with zero attached hydrogens (tertiary/aromatic N) is 1. The third-order valence-electron chi connectivity index (χ3n) is 2.05. The normalized spacial score (nSPS) is 19.7. The smallest absolute Gasteiger partial charge is 0.253 e. The van der Waals surface area contributed by atoms with Gasteiger partial charge in [-0.25, -0.2) is 0 Å². The first-order valence-corrected chi connectivity index (χ1v) is 6.54. The molecule has 0 bridgehead atoms. The van der Waals surface area contributed by atoms with Gasteiger partial charge in [-0.1, -0.05) is 0 Å². The molecule has 0 aromatic carbocycles. The summed E-state index contributed by atoms with van der Waals surface area (Å²) in [7, 11) is -3.30. The van der Waals surface area contributed by atoms with Gasteiger partial charge in [-0.05, 0) is 0 Å². The average Bonchev–Trinajstić information content (AvgIpc) is 2.44. The van der Waals surface area contributed by atoms with E-state index in [4.69, 9.17) is 5.73 Å². The highest BCUT2D eigenvalue weighted by molar-refractivity contribution is 7.58. The molecule has 1 rings (SSSR count). The lowest BCUT2D eigenvalue weighted by atomic mass is 10.5. The molecular weight excluding hydrogens is 219 g/mol. The molecule has 84 valence electrons. The molecule has 2 amide bonds. The fourth-order valence-corrected chi connectivity index (χ4v) is 2.36. The number of amides is 2. The third-order valence-corrected chi connectivity index (χ3v) is 3.91. The van der Waals surface area contributed by atoms with E-state index in [-0.39, 0.29) is 25.4 Å². The fourth-order valence-electron chi connectivity index (χ4n) is 1.22. The van der Waals surface area contributed by atoms with E-state index in [1.807, 2.05) is 0 Å². The molecule has 0 radical (unpaired) electrons. The molecular formula is C8H13N2O4P. The summed E-state index contributed by atoms with van der Waals surface area (Å²) in [5.41, 5.74) is 5.16. The van der Waals surface area contributed by atoms with Gasteiger partial charge in [0.05, 0.1) is 0 Å². The van der Waals surface area contributed by atoms with Crippen LogP contribution in [0.5, 0.6) is 0 Å². The van der Waals surface area contributed by atoms with Crippen LogP contribution in [0.2, 0.25) is 0 Å². The number of carbonyl (C=O) groups is 2.